The van der Waals surface area contributed by atoms with Gasteiger partial charge in [0.05, 0.1) is 11.6 Å². The molecule has 0 radical (unpaired) electrons. The molecule has 6 nitrogen and oxygen atoms in total. The lowest BCUT2D eigenvalue weighted by Crippen LogP contribution is -2.23. The minimum atomic E-state index is -0.194. The maximum Gasteiger partial charge on any atom is 0.291 e. The van der Waals surface area contributed by atoms with Crippen LogP contribution in [0.1, 0.15) is 5.56 Å². The summed E-state index contributed by atoms with van der Waals surface area (Å²) in [4.78, 5) is 17.8. The van der Waals surface area contributed by atoms with Gasteiger partial charge in [-0.15, -0.1) is 5.10 Å². The van der Waals surface area contributed by atoms with Crippen LogP contribution in [0, 0.1) is 0 Å². The molecule has 140 valence electrons. The first kappa shape index (κ1) is 17.9. The predicted octanol–water partition coefficient (Wildman–Crippen LogP) is 2.94. The molecule has 7 heteroatoms. The molecule has 28 heavy (non-hydrogen) atoms. The van der Waals surface area contributed by atoms with Crippen LogP contribution in [0.3, 0.4) is 0 Å². The Kier molecular flexibility index (Phi) is 4.90. The van der Waals surface area contributed by atoms with Gasteiger partial charge in [0.15, 0.2) is 17.3 Å². The number of aromatic nitrogens is 3. The highest BCUT2D eigenvalue weighted by Crippen LogP contribution is 2.28. The predicted molar refractivity (Wildman–Crippen MR) is 110 cm³/mol. The molecule has 0 aliphatic rings. The van der Waals surface area contributed by atoms with Gasteiger partial charge in [0.1, 0.15) is 6.61 Å². The molecule has 0 aliphatic heterocycles. The van der Waals surface area contributed by atoms with E-state index in [1.165, 1.54) is 15.9 Å². The van der Waals surface area contributed by atoms with Gasteiger partial charge < -0.3 is 9.47 Å². The van der Waals surface area contributed by atoms with Crippen LogP contribution in [0.2, 0.25) is 0 Å². The van der Waals surface area contributed by atoms with Crippen LogP contribution in [0.15, 0.2) is 66.0 Å². The van der Waals surface area contributed by atoms with Gasteiger partial charge in [-0.2, -0.15) is 9.50 Å². The van der Waals surface area contributed by atoms with Gasteiger partial charge in [0, 0.05) is 5.56 Å². The molecule has 0 saturated heterocycles. The van der Waals surface area contributed by atoms with Crippen molar-refractivity contribution >= 4 is 22.4 Å². The van der Waals surface area contributed by atoms with Crippen molar-refractivity contribution in [1.29, 1.82) is 0 Å². The first-order valence-electron chi connectivity index (χ1n) is 8.58. The minimum Gasteiger partial charge on any atom is -0.493 e. The van der Waals surface area contributed by atoms with Gasteiger partial charge in [-0.25, -0.2) is 0 Å². The average molecular weight is 391 g/mol. The zero-order chi connectivity index (χ0) is 19.5. The Labute approximate surface area is 165 Å². The van der Waals surface area contributed by atoms with Crippen molar-refractivity contribution < 1.29 is 9.47 Å². The van der Waals surface area contributed by atoms with E-state index in [1.54, 1.807) is 19.3 Å². The first-order chi connectivity index (χ1) is 13.7. The summed E-state index contributed by atoms with van der Waals surface area (Å²) in [5.41, 5.74) is 1.51. The number of benzene rings is 2. The molecule has 0 spiro atoms. The molecule has 4 aromatic rings. The minimum absolute atomic E-state index is 0.194. The van der Waals surface area contributed by atoms with Crippen molar-refractivity contribution in [2.75, 3.05) is 13.7 Å². The van der Waals surface area contributed by atoms with Crippen LogP contribution in [0.25, 0.3) is 22.4 Å². The van der Waals surface area contributed by atoms with Gasteiger partial charge in [-0.3, -0.25) is 4.79 Å². The van der Waals surface area contributed by atoms with E-state index in [4.69, 9.17) is 9.47 Å². The first-order valence-corrected chi connectivity index (χ1v) is 9.39. The van der Waals surface area contributed by atoms with Gasteiger partial charge in [-0.05, 0) is 23.8 Å². The molecular weight excluding hydrogens is 374 g/mol. The molecule has 0 N–H and O–H groups in total. The normalized spacial score (nSPS) is 11.7. The maximum atomic E-state index is 12.7. The van der Waals surface area contributed by atoms with E-state index >= 15 is 0 Å². The molecule has 2 heterocycles. The molecule has 0 unspecified atom stereocenters. The van der Waals surface area contributed by atoms with E-state index in [9.17, 15) is 4.79 Å². The van der Waals surface area contributed by atoms with Gasteiger partial charge in [-0.1, -0.05) is 60.4 Å². The molecule has 2 aromatic carbocycles. The summed E-state index contributed by atoms with van der Waals surface area (Å²) in [5, 5.41) is 4.36. The number of methoxy groups -OCH3 is 1. The summed E-state index contributed by atoms with van der Waals surface area (Å²) >= 11 is 1.30. The fraction of sp³-hybridized carbons (Fsp3) is 0.0952. The van der Waals surface area contributed by atoms with E-state index in [0.717, 1.165) is 11.1 Å². The average Bonchev–Trinajstić information content (AvgIpc) is 3.27. The lowest BCUT2D eigenvalue weighted by Gasteiger charge is -2.09. The molecule has 0 saturated carbocycles. The number of nitrogens with zero attached hydrogens (tertiary/aromatic N) is 3. The summed E-state index contributed by atoms with van der Waals surface area (Å²) < 4.78 is 12.8. The Morgan fingerprint density at radius 3 is 2.71 bits per heavy atom. The van der Waals surface area contributed by atoms with E-state index in [-0.39, 0.29) is 5.56 Å². The Bertz CT molecular complexity index is 1250. The van der Waals surface area contributed by atoms with Crippen LogP contribution in [0.4, 0.5) is 0 Å². The lowest BCUT2D eigenvalue weighted by molar-refractivity contribution is 0.326. The van der Waals surface area contributed by atoms with Gasteiger partial charge in [0.2, 0.25) is 4.96 Å². The van der Waals surface area contributed by atoms with Crippen molar-refractivity contribution in [1.82, 2.24) is 14.6 Å². The van der Waals surface area contributed by atoms with E-state index in [2.05, 4.69) is 16.7 Å². The highest BCUT2D eigenvalue weighted by Gasteiger charge is 2.12. The molecule has 0 atom stereocenters. The zero-order valence-electron chi connectivity index (χ0n) is 15.2. The van der Waals surface area contributed by atoms with Crippen LogP contribution in [0.5, 0.6) is 11.5 Å². The number of rotatable bonds is 6. The molecule has 0 aliphatic carbocycles. The lowest BCUT2D eigenvalue weighted by atomic mass is 10.2. The maximum absolute atomic E-state index is 12.7. The van der Waals surface area contributed by atoms with Crippen molar-refractivity contribution in [3.8, 4) is 22.9 Å². The SMILES string of the molecule is C=CCOc1ccc(/C=c2\sc3nc(-c4ccccc4)nn3c2=O)cc1OC. The van der Waals surface area contributed by atoms with Crippen LogP contribution in [-0.4, -0.2) is 28.3 Å². The number of fused-ring (bicyclic) bond motifs is 1. The largest absolute Gasteiger partial charge is 0.493 e. The number of ether oxygens (including phenoxy) is 2. The molecule has 2 aromatic heterocycles. The van der Waals surface area contributed by atoms with Crippen LogP contribution >= 0.6 is 11.3 Å². The second-order valence-corrected chi connectivity index (χ2v) is 6.93. The smallest absolute Gasteiger partial charge is 0.291 e. The highest BCUT2D eigenvalue weighted by molar-refractivity contribution is 7.15. The summed E-state index contributed by atoms with van der Waals surface area (Å²) in [5.74, 6) is 1.76. The van der Waals surface area contributed by atoms with Crippen molar-refractivity contribution in [2.45, 2.75) is 0 Å². The fourth-order valence-electron chi connectivity index (χ4n) is 2.74. The molecule has 0 bridgehead atoms. The number of hydrogen-bond acceptors (Lipinski definition) is 6. The summed E-state index contributed by atoms with van der Waals surface area (Å²) in [6.07, 6.45) is 3.46. The molecular formula is C21H17N3O3S. The second kappa shape index (κ2) is 7.66. The number of thiazole rings is 1. The quantitative estimate of drug-likeness (QED) is 0.473. The van der Waals surface area contributed by atoms with Gasteiger partial charge >= 0.3 is 0 Å². The Morgan fingerprint density at radius 2 is 2.00 bits per heavy atom. The standard InChI is InChI=1S/C21H17N3O3S/c1-3-11-27-16-10-9-14(12-17(16)26-2)13-18-20(25)24-21(28-18)22-19(23-24)15-7-5-4-6-8-15/h3-10,12-13H,1,11H2,2H3/b18-13-. The van der Waals surface area contributed by atoms with Gasteiger partial charge in [0.25, 0.3) is 5.56 Å². The fourth-order valence-corrected chi connectivity index (χ4v) is 3.64. The Balaban J connectivity index is 1.72. The van der Waals surface area contributed by atoms with E-state index in [0.29, 0.717) is 33.4 Å². The third kappa shape index (κ3) is 3.39. The third-order valence-corrected chi connectivity index (χ3v) is 5.02. The summed E-state index contributed by atoms with van der Waals surface area (Å²) in [6, 6.07) is 15.1. The summed E-state index contributed by atoms with van der Waals surface area (Å²) in [7, 11) is 1.58. The molecule has 0 fully saturated rings. The molecule has 4 rings (SSSR count). The molecule has 0 amide bonds. The monoisotopic (exact) mass is 391 g/mol. The highest BCUT2D eigenvalue weighted by atomic mass is 32.1. The summed E-state index contributed by atoms with van der Waals surface area (Å²) in [6.45, 7) is 4.03. The second-order valence-electron chi connectivity index (χ2n) is 5.92. The van der Waals surface area contributed by atoms with E-state index < -0.39 is 0 Å². The van der Waals surface area contributed by atoms with Crippen molar-refractivity contribution in [3.05, 3.63) is 81.6 Å². The third-order valence-electron chi connectivity index (χ3n) is 4.06. The topological polar surface area (TPSA) is 65.7 Å². The Morgan fingerprint density at radius 1 is 1.18 bits per heavy atom. The number of hydrogen-bond donors (Lipinski definition) is 0. The van der Waals surface area contributed by atoms with Crippen LogP contribution < -0.4 is 19.6 Å². The van der Waals surface area contributed by atoms with Crippen LogP contribution in [-0.2, 0) is 0 Å². The van der Waals surface area contributed by atoms with Crippen molar-refractivity contribution in [2.24, 2.45) is 0 Å². The van der Waals surface area contributed by atoms with Crippen molar-refractivity contribution in [3.63, 3.8) is 0 Å². The zero-order valence-corrected chi connectivity index (χ0v) is 16.0. The Hall–Kier alpha value is -3.45. The van der Waals surface area contributed by atoms with E-state index in [1.807, 2.05) is 48.5 Å².